The Bertz CT molecular complexity index is 549. The predicted octanol–water partition coefficient (Wildman–Crippen LogP) is 5.45. The van der Waals surface area contributed by atoms with Gasteiger partial charge in [-0.1, -0.05) is 22.0 Å². The van der Waals surface area contributed by atoms with Gasteiger partial charge in [-0.3, -0.25) is 0 Å². The molecule has 2 aromatic rings. The van der Waals surface area contributed by atoms with E-state index in [0.29, 0.717) is 11.3 Å². The van der Waals surface area contributed by atoms with E-state index in [1.54, 1.807) is 23.5 Å². The van der Waals surface area contributed by atoms with Crippen LogP contribution in [0.5, 0.6) is 5.75 Å². The minimum absolute atomic E-state index is 0.140. The molecule has 1 aromatic heterocycles. The van der Waals surface area contributed by atoms with Gasteiger partial charge in [-0.25, -0.2) is 4.39 Å². The summed E-state index contributed by atoms with van der Waals surface area (Å²) in [4.78, 5) is 2.12. The van der Waals surface area contributed by atoms with Crippen molar-refractivity contribution in [1.82, 2.24) is 0 Å². The maximum absolute atomic E-state index is 14.0. The fourth-order valence-corrected chi connectivity index (χ4v) is 3.94. The lowest BCUT2D eigenvalue weighted by atomic mass is 10.1. The van der Waals surface area contributed by atoms with Crippen molar-refractivity contribution in [2.45, 2.75) is 11.8 Å². The van der Waals surface area contributed by atoms with Crippen LogP contribution in [0, 0.1) is 12.7 Å². The molecule has 1 nitrogen and oxygen atoms in total. The molecule has 5 heteroatoms. The van der Waals surface area contributed by atoms with Gasteiger partial charge in [0.05, 0.1) is 11.9 Å². The van der Waals surface area contributed by atoms with E-state index in [2.05, 4.69) is 31.9 Å². The predicted molar refractivity (Wildman–Crippen MR) is 80.5 cm³/mol. The average molecular weight is 394 g/mol. The third-order valence-electron chi connectivity index (χ3n) is 2.61. The second-order valence-electron chi connectivity index (χ2n) is 3.80. The Kier molecular flexibility index (Phi) is 4.45. The Labute approximate surface area is 126 Å². The van der Waals surface area contributed by atoms with Crippen molar-refractivity contribution in [2.75, 3.05) is 7.11 Å². The van der Waals surface area contributed by atoms with Crippen molar-refractivity contribution in [3.63, 3.8) is 0 Å². The average Bonchev–Trinajstić information content (AvgIpc) is 2.68. The summed E-state index contributed by atoms with van der Waals surface area (Å²) in [7, 11) is 1.53. The molecule has 0 aliphatic heterocycles. The molecule has 0 radical (unpaired) electrons. The van der Waals surface area contributed by atoms with Crippen molar-refractivity contribution >= 4 is 43.2 Å². The van der Waals surface area contributed by atoms with Crippen LogP contribution in [0.15, 0.2) is 28.7 Å². The van der Waals surface area contributed by atoms with Crippen LogP contribution < -0.4 is 4.74 Å². The Morgan fingerprint density at radius 1 is 1.33 bits per heavy atom. The highest BCUT2D eigenvalue weighted by atomic mass is 79.9. The number of aryl methyl sites for hydroxylation is 1. The zero-order valence-corrected chi connectivity index (χ0v) is 13.8. The van der Waals surface area contributed by atoms with Gasteiger partial charge in [0, 0.05) is 25.9 Å². The molecule has 2 rings (SSSR count). The smallest absolute Gasteiger partial charge is 0.131 e. The first-order valence-electron chi connectivity index (χ1n) is 5.26. The van der Waals surface area contributed by atoms with Crippen molar-refractivity contribution < 1.29 is 9.13 Å². The molecule has 0 bridgehead atoms. The standard InChI is InChI=1S/C13H11Br2FOS/c1-7-10(14)6-12(18-7)13(15)9-4-3-8(17-2)5-11(9)16/h3-6,13H,1-2H3. The zero-order chi connectivity index (χ0) is 13.3. The minimum Gasteiger partial charge on any atom is -0.497 e. The highest BCUT2D eigenvalue weighted by Crippen LogP contribution is 2.40. The Morgan fingerprint density at radius 3 is 2.56 bits per heavy atom. The fraction of sp³-hybridized carbons (Fsp3) is 0.231. The van der Waals surface area contributed by atoms with E-state index in [1.165, 1.54) is 18.1 Å². The summed E-state index contributed by atoms with van der Waals surface area (Å²) >= 11 is 8.67. The fourth-order valence-electron chi connectivity index (χ4n) is 1.60. The SMILES string of the molecule is COc1ccc(C(Br)c2cc(Br)c(C)s2)c(F)c1. The van der Waals surface area contributed by atoms with Gasteiger partial charge in [0.25, 0.3) is 0 Å². The van der Waals surface area contributed by atoms with Gasteiger partial charge in [-0.15, -0.1) is 11.3 Å². The molecule has 1 atom stereocenters. The number of benzene rings is 1. The first-order valence-corrected chi connectivity index (χ1v) is 7.78. The number of methoxy groups -OCH3 is 1. The second-order valence-corrected chi connectivity index (χ2v) is 6.86. The van der Waals surface area contributed by atoms with Gasteiger partial charge >= 0.3 is 0 Å². The molecule has 0 saturated heterocycles. The summed E-state index contributed by atoms with van der Waals surface area (Å²) in [6.45, 7) is 2.03. The molecule has 0 saturated carbocycles. The van der Waals surface area contributed by atoms with Crippen LogP contribution in [0.4, 0.5) is 4.39 Å². The van der Waals surface area contributed by atoms with Crippen LogP contribution in [-0.2, 0) is 0 Å². The monoisotopic (exact) mass is 392 g/mol. The first kappa shape index (κ1) is 14.0. The lowest BCUT2D eigenvalue weighted by molar-refractivity contribution is 0.411. The van der Waals surface area contributed by atoms with Crippen LogP contribution in [0.1, 0.15) is 20.1 Å². The summed E-state index contributed by atoms with van der Waals surface area (Å²) in [6.07, 6.45) is 0. The second kappa shape index (κ2) is 5.72. The lowest BCUT2D eigenvalue weighted by Gasteiger charge is -2.10. The lowest BCUT2D eigenvalue weighted by Crippen LogP contribution is -1.95. The minimum atomic E-state index is -0.265. The van der Waals surface area contributed by atoms with Crippen LogP contribution in [0.3, 0.4) is 0 Å². The number of thiophene rings is 1. The molecule has 0 fully saturated rings. The number of ether oxygens (including phenoxy) is 1. The number of halogens is 3. The van der Waals surface area contributed by atoms with E-state index in [0.717, 1.165) is 9.35 Å². The van der Waals surface area contributed by atoms with E-state index in [4.69, 9.17) is 4.74 Å². The molecule has 1 aromatic carbocycles. The third-order valence-corrected chi connectivity index (χ3v) is 6.10. The van der Waals surface area contributed by atoms with Crippen LogP contribution in [-0.4, -0.2) is 7.11 Å². The Morgan fingerprint density at radius 2 is 2.06 bits per heavy atom. The van der Waals surface area contributed by atoms with Gasteiger partial charge in [0.1, 0.15) is 11.6 Å². The van der Waals surface area contributed by atoms with Gasteiger partial charge in [-0.05, 0) is 35.0 Å². The molecule has 0 aliphatic carbocycles. The normalized spacial score (nSPS) is 12.5. The molecule has 0 aliphatic rings. The summed E-state index contributed by atoms with van der Waals surface area (Å²) in [5.74, 6) is 0.262. The third kappa shape index (κ3) is 2.78. The van der Waals surface area contributed by atoms with E-state index in [9.17, 15) is 4.39 Å². The number of hydrogen-bond acceptors (Lipinski definition) is 2. The Hall–Kier alpha value is -0.390. The van der Waals surface area contributed by atoms with Gasteiger partial charge in [0.15, 0.2) is 0 Å². The molecule has 0 spiro atoms. The van der Waals surface area contributed by atoms with Crippen molar-refractivity contribution in [3.8, 4) is 5.75 Å². The van der Waals surface area contributed by atoms with E-state index in [-0.39, 0.29) is 10.6 Å². The van der Waals surface area contributed by atoms with Crippen molar-refractivity contribution in [3.05, 3.63) is 49.9 Å². The van der Waals surface area contributed by atoms with E-state index in [1.807, 2.05) is 13.0 Å². The first-order chi connectivity index (χ1) is 8.52. The maximum atomic E-state index is 14.0. The number of hydrogen-bond donors (Lipinski definition) is 0. The number of alkyl halides is 1. The molecular formula is C13H11Br2FOS. The van der Waals surface area contributed by atoms with Crippen LogP contribution >= 0.6 is 43.2 Å². The summed E-state index contributed by atoms with van der Waals surface area (Å²) < 4.78 is 20.0. The van der Waals surface area contributed by atoms with Crippen LogP contribution in [0.2, 0.25) is 0 Å². The highest BCUT2D eigenvalue weighted by molar-refractivity contribution is 9.10. The van der Waals surface area contributed by atoms with Crippen molar-refractivity contribution in [1.29, 1.82) is 0 Å². The molecule has 96 valence electrons. The summed E-state index contributed by atoms with van der Waals surface area (Å²) in [5.41, 5.74) is 0.615. The maximum Gasteiger partial charge on any atom is 0.131 e. The molecular weight excluding hydrogens is 383 g/mol. The quantitative estimate of drug-likeness (QED) is 0.630. The molecule has 1 heterocycles. The zero-order valence-electron chi connectivity index (χ0n) is 9.84. The van der Waals surface area contributed by atoms with Gasteiger partial charge < -0.3 is 4.74 Å². The topological polar surface area (TPSA) is 9.23 Å². The molecule has 0 N–H and O–H groups in total. The number of rotatable bonds is 3. The molecule has 18 heavy (non-hydrogen) atoms. The van der Waals surface area contributed by atoms with E-state index >= 15 is 0 Å². The van der Waals surface area contributed by atoms with Crippen molar-refractivity contribution in [2.24, 2.45) is 0 Å². The largest absolute Gasteiger partial charge is 0.497 e. The summed E-state index contributed by atoms with van der Waals surface area (Å²) in [5, 5.41) is 0. The highest BCUT2D eigenvalue weighted by Gasteiger charge is 2.18. The van der Waals surface area contributed by atoms with Crippen LogP contribution in [0.25, 0.3) is 0 Å². The Balaban J connectivity index is 2.36. The van der Waals surface area contributed by atoms with Gasteiger partial charge in [0.2, 0.25) is 0 Å². The molecule has 0 amide bonds. The van der Waals surface area contributed by atoms with Gasteiger partial charge in [-0.2, -0.15) is 0 Å². The summed E-state index contributed by atoms with van der Waals surface area (Å²) in [6, 6.07) is 6.93. The van der Waals surface area contributed by atoms with E-state index < -0.39 is 0 Å². The molecule has 1 unspecified atom stereocenters.